The van der Waals surface area contributed by atoms with Crippen molar-refractivity contribution in [3.63, 3.8) is 0 Å². The molecule has 1 atom stereocenters. The zero-order chi connectivity index (χ0) is 11.4. The lowest BCUT2D eigenvalue weighted by atomic mass is 10.1. The molecule has 0 fully saturated rings. The van der Waals surface area contributed by atoms with Crippen LogP contribution in [0.25, 0.3) is 0 Å². The Kier molecular flexibility index (Phi) is 3.74. The summed E-state index contributed by atoms with van der Waals surface area (Å²) in [4.78, 5) is 2.24. The van der Waals surface area contributed by atoms with Gasteiger partial charge in [0.1, 0.15) is 0 Å². The number of nitrogens with zero attached hydrogens (tertiary/aromatic N) is 2. The zero-order valence-electron chi connectivity index (χ0n) is 9.91. The van der Waals surface area contributed by atoms with Crippen molar-refractivity contribution in [3.05, 3.63) is 29.3 Å². The van der Waals surface area contributed by atoms with E-state index in [2.05, 4.69) is 37.9 Å². The molecular weight excluding hydrogens is 184 g/mol. The molecular formula is C13H18N2. The van der Waals surface area contributed by atoms with Gasteiger partial charge in [0, 0.05) is 18.8 Å². The first-order valence-electron chi connectivity index (χ1n) is 5.33. The maximum absolute atomic E-state index is 8.84. The summed E-state index contributed by atoms with van der Waals surface area (Å²) in [6.07, 6.45) is 1.12. The van der Waals surface area contributed by atoms with Gasteiger partial charge >= 0.3 is 0 Å². The van der Waals surface area contributed by atoms with Crippen molar-refractivity contribution in [1.29, 1.82) is 5.26 Å². The van der Waals surface area contributed by atoms with Crippen LogP contribution in [0.1, 0.15) is 31.4 Å². The Morgan fingerprint density at radius 1 is 1.47 bits per heavy atom. The van der Waals surface area contributed by atoms with Crippen molar-refractivity contribution in [2.24, 2.45) is 0 Å². The van der Waals surface area contributed by atoms with E-state index in [4.69, 9.17) is 5.26 Å². The van der Waals surface area contributed by atoms with E-state index in [9.17, 15) is 0 Å². The van der Waals surface area contributed by atoms with E-state index in [0.717, 1.165) is 17.5 Å². The highest BCUT2D eigenvalue weighted by atomic mass is 15.1. The van der Waals surface area contributed by atoms with Crippen LogP contribution in [0.5, 0.6) is 0 Å². The summed E-state index contributed by atoms with van der Waals surface area (Å²) in [5.74, 6) is 0. The van der Waals surface area contributed by atoms with Crippen molar-refractivity contribution in [2.75, 3.05) is 11.9 Å². The number of rotatable bonds is 3. The number of benzene rings is 1. The highest BCUT2D eigenvalue weighted by Crippen LogP contribution is 2.20. The molecule has 0 N–H and O–H groups in total. The van der Waals surface area contributed by atoms with Crippen LogP contribution in [-0.4, -0.2) is 13.1 Å². The highest BCUT2D eigenvalue weighted by Gasteiger charge is 2.08. The van der Waals surface area contributed by atoms with Crippen molar-refractivity contribution >= 4 is 5.69 Å². The molecule has 0 aromatic heterocycles. The minimum atomic E-state index is 0.525. The van der Waals surface area contributed by atoms with Crippen LogP contribution in [-0.2, 0) is 0 Å². The Labute approximate surface area is 92.1 Å². The van der Waals surface area contributed by atoms with E-state index in [1.54, 1.807) is 0 Å². The molecule has 0 radical (unpaired) electrons. The lowest BCUT2D eigenvalue weighted by molar-refractivity contribution is 0.663. The molecule has 1 unspecified atom stereocenters. The molecule has 0 saturated heterocycles. The number of aryl methyl sites for hydroxylation is 1. The van der Waals surface area contributed by atoms with Gasteiger partial charge in [-0.2, -0.15) is 5.26 Å². The fourth-order valence-corrected chi connectivity index (χ4v) is 1.52. The SMILES string of the molecule is CCC(C)N(C)c1ccc(C#N)c(C)c1. The lowest BCUT2D eigenvalue weighted by Gasteiger charge is -2.26. The van der Waals surface area contributed by atoms with Crippen molar-refractivity contribution in [1.82, 2.24) is 0 Å². The molecule has 80 valence electrons. The Bertz CT molecular complexity index is 377. The van der Waals surface area contributed by atoms with Gasteiger partial charge in [0.25, 0.3) is 0 Å². The fraction of sp³-hybridized carbons (Fsp3) is 0.462. The van der Waals surface area contributed by atoms with Gasteiger partial charge in [0.05, 0.1) is 11.6 Å². The van der Waals surface area contributed by atoms with Crippen LogP contribution in [0, 0.1) is 18.3 Å². The standard InChI is InChI=1S/C13H18N2/c1-5-11(3)15(4)13-7-6-12(9-14)10(2)8-13/h6-8,11H,5H2,1-4H3. The third-order valence-corrected chi connectivity index (χ3v) is 2.99. The van der Waals surface area contributed by atoms with Gasteiger partial charge in [-0.3, -0.25) is 0 Å². The van der Waals surface area contributed by atoms with Gasteiger partial charge in [0.2, 0.25) is 0 Å². The zero-order valence-corrected chi connectivity index (χ0v) is 9.91. The minimum Gasteiger partial charge on any atom is -0.372 e. The van der Waals surface area contributed by atoms with Gasteiger partial charge in [-0.15, -0.1) is 0 Å². The van der Waals surface area contributed by atoms with Gasteiger partial charge < -0.3 is 4.90 Å². The third-order valence-electron chi connectivity index (χ3n) is 2.99. The molecule has 2 heteroatoms. The first-order valence-corrected chi connectivity index (χ1v) is 5.33. The summed E-state index contributed by atoms with van der Waals surface area (Å²) in [6, 6.07) is 8.69. The molecule has 1 aromatic carbocycles. The first-order chi connectivity index (χ1) is 7.10. The quantitative estimate of drug-likeness (QED) is 0.753. The number of nitriles is 1. The van der Waals surface area contributed by atoms with Crippen LogP contribution in [0.2, 0.25) is 0 Å². The van der Waals surface area contributed by atoms with E-state index in [-0.39, 0.29) is 0 Å². The fourth-order valence-electron chi connectivity index (χ4n) is 1.52. The second-order valence-corrected chi connectivity index (χ2v) is 3.98. The smallest absolute Gasteiger partial charge is 0.0994 e. The number of hydrogen-bond donors (Lipinski definition) is 0. The van der Waals surface area contributed by atoms with Crippen LogP contribution < -0.4 is 4.90 Å². The maximum Gasteiger partial charge on any atom is 0.0994 e. The van der Waals surface area contributed by atoms with Crippen molar-refractivity contribution in [3.8, 4) is 6.07 Å². The van der Waals surface area contributed by atoms with E-state index in [1.807, 2.05) is 19.1 Å². The van der Waals surface area contributed by atoms with Gasteiger partial charge in [0.15, 0.2) is 0 Å². The Balaban J connectivity index is 2.98. The summed E-state index contributed by atoms with van der Waals surface area (Å²) < 4.78 is 0. The monoisotopic (exact) mass is 202 g/mol. The highest BCUT2D eigenvalue weighted by molar-refractivity contribution is 5.53. The van der Waals surface area contributed by atoms with Crippen LogP contribution in [0.3, 0.4) is 0 Å². The number of anilines is 1. The second kappa shape index (κ2) is 4.84. The molecule has 0 amide bonds. The maximum atomic E-state index is 8.84. The second-order valence-electron chi connectivity index (χ2n) is 3.98. The predicted molar refractivity (Wildman–Crippen MR) is 64.1 cm³/mol. The van der Waals surface area contributed by atoms with Crippen LogP contribution in [0.4, 0.5) is 5.69 Å². The normalized spacial score (nSPS) is 11.9. The van der Waals surface area contributed by atoms with E-state index >= 15 is 0 Å². The average Bonchev–Trinajstić information content (AvgIpc) is 2.26. The molecule has 2 nitrogen and oxygen atoms in total. The van der Waals surface area contributed by atoms with Gasteiger partial charge in [-0.05, 0) is 44.0 Å². The Morgan fingerprint density at radius 2 is 2.13 bits per heavy atom. The molecule has 0 heterocycles. The average molecular weight is 202 g/mol. The van der Waals surface area contributed by atoms with Crippen LogP contribution in [0.15, 0.2) is 18.2 Å². The molecule has 1 aromatic rings. The molecule has 0 saturated carbocycles. The summed E-state index contributed by atoms with van der Waals surface area (Å²) >= 11 is 0. The molecule has 0 spiro atoms. The van der Waals surface area contributed by atoms with Crippen molar-refractivity contribution in [2.45, 2.75) is 33.2 Å². The minimum absolute atomic E-state index is 0.525. The molecule has 0 aliphatic rings. The lowest BCUT2D eigenvalue weighted by Crippen LogP contribution is -2.27. The largest absolute Gasteiger partial charge is 0.372 e. The topological polar surface area (TPSA) is 27.0 Å². The summed E-state index contributed by atoms with van der Waals surface area (Å²) in [7, 11) is 2.09. The molecule has 0 bridgehead atoms. The summed E-state index contributed by atoms with van der Waals surface area (Å²) in [5.41, 5.74) is 2.99. The number of hydrogen-bond acceptors (Lipinski definition) is 2. The Hall–Kier alpha value is -1.49. The Morgan fingerprint density at radius 3 is 2.60 bits per heavy atom. The summed E-state index contributed by atoms with van der Waals surface area (Å²) in [5, 5.41) is 8.84. The van der Waals surface area contributed by atoms with Crippen LogP contribution >= 0.6 is 0 Å². The molecule has 0 aliphatic carbocycles. The van der Waals surface area contributed by atoms with Crippen molar-refractivity contribution < 1.29 is 0 Å². The van der Waals surface area contributed by atoms with Gasteiger partial charge in [-0.1, -0.05) is 6.92 Å². The van der Waals surface area contributed by atoms with E-state index < -0.39 is 0 Å². The molecule has 15 heavy (non-hydrogen) atoms. The molecule has 0 aliphatic heterocycles. The summed E-state index contributed by atoms with van der Waals surface area (Å²) in [6.45, 7) is 6.36. The van der Waals surface area contributed by atoms with Gasteiger partial charge in [-0.25, -0.2) is 0 Å². The van der Waals surface area contributed by atoms with E-state index in [0.29, 0.717) is 6.04 Å². The first kappa shape index (κ1) is 11.6. The predicted octanol–water partition coefficient (Wildman–Crippen LogP) is 3.10. The third kappa shape index (κ3) is 2.50. The molecule has 1 rings (SSSR count). The van der Waals surface area contributed by atoms with E-state index in [1.165, 1.54) is 5.69 Å².